The zero-order valence-corrected chi connectivity index (χ0v) is 9.95. The van der Waals surface area contributed by atoms with Crippen molar-refractivity contribution in [3.05, 3.63) is 0 Å². The molecule has 16 heavy (non-hydrogen) atoms. The van der Waals surface area contributed by atoms with Crippen LogP contribution in [0.25, 0.3) is 0 Å². The molecule has 1 rings (SSSR count). The zero-order valence-electron chi connectivity index (χ0n) is 9.95. The van der Waals surface area contributed by atoms with Gasteiger partial charge in [0, 0.05) is 32.6 Å². The fraction of sp³-hybridized carbons (Fsp3) is 0.818. The Morgan fingerprint density at radius 2 is 2.06 bits per heavy atom. The van der Waals surface area contributed by atoms with Gasteiger partial charge in [-0.25, -0.2) is 0 Å². The van der Waals surface area contributed by atoms with Crippen LogP contribution in [0.3, 0.4) is 0 Å². The molecule has 0 aromatic heterocycles. The molecule has 5 heteroatoms. The van der Waals surface area contributed by atoms with Crippen molar-refractivity contribution in [3.63, 3.8) is 0 Å². The first-order valence-electron chi connectivity index (χ1n) is 5.79. The van der Waals surface area contributed by atoms with Gasteiger partial charge in [0.15, 0.2) is 0 Å². The van der Waals surface area contributed by atoms with Crippen molar-refractivity contribution in [3.8, 4) is 0 Å². The van der Waals surface area contributed by atoms with E-state index in [1.165, 1.54) is 39.1 Å². The molecular weight excluding hydrogens is 208 g/mol. The van der Waals surface area contributed by atoms with E-state index in [0.29, 0.717) is 6.29 Å². The molecule has 0 radical (unpaired) electrons. The minimum absolute atomic E-state index is 0.0521. The first-order chi connectivity index (χ1) is 7.70. The van der Waals surface area contributed by atoms with E-state index in [9.17, 15) is 9.59 Å². The van der Waals surface area contributed by atoms with E-state index in [-0.39, 0.29) is 12.8 Å². The molecule has 5 nitrogen and oxygen atoms in total. The second kappa shape index (κ2) is 10.6. The molecule has 1 aliphatic heterocycles. The van der Waals surface area contributed by atoms with Crippen LogP contribution < -0.4 is 5.32 Å². The van der Waals surface area contributed by atoms with E-state index in [2.05, 4.69) is 17.1 Å². The van der Waals surface area contributed by atoms with Crippen LogP contribution in [0.2, 0.25) is 0 Å². The third-order valence-corrected chi connectivity index (χ3v) is 2.23. The number of aliphatic carboxylic acids is 1. The fourth-order valence-corrected chi connectivity index (χ4v) is 1.43. The molecule has 0 bridgehead atoms. The number of aldehydes is 1. The smallest absolute Gasteiger partial charge is 0.303 e. The highest BCUT2D eigenvalue weighted by Crippen LogP contribution is 1.92. The van der Waals surface area contributed by atoms with Crippen LogP contribution in [-0.2, 0) is 9.59 Å². The van der Waals surface area contributed by atoms with Gasteiger partial charge >= 0.3 is 5.97 Å². The first kappa shape index (κ1) is 15.1. The quantitative estimate of drug-likeness (QED) is 0.667. The van der Waals surface area contributed by atoms with Gasteiger partial charge in [0.25, 0.3) is 0 Å². The summed E-state index contributed by atoms with van der Waals surface area (Å²) >= 11 is 0. The maximum atomic E-state index is 9.60. The number of piperazine rings is 1. The average Bonchev–Trinajstić information content (AvgIpc) is 2.29. The summed E-state index contributed by atoms with van der Waals surface area (Å²) in [4.78, 5) is 21.6. The summed E-state index contributed by atoms with van der Waals surface area (Å²) in [6.45, 7) is 8.37. The number of hydrogen-bond donors (Lipinski definition) is 2. The summed E-state index contributed by atoms with van der Waals surface area (Å²) in [6, 6.07) is 0. The molecule has 0 unspecified atom stereocenters. The summed E-state index contributed by atoms with van der Waals surface area (Å²) in [5, 5.41) is 11.2. The third kappa shape index (κ3) is 9.61. The van der Waals surface area contributed by atoms with Crippen molar-refractivity contribution >= 4 is 12.3 Å². The van der Waals surface area contributed by atoms with Crippen molar-refractivity contribution in [1.29, 1.82) is 0 Å². The van der Waals surface area contributed by atoms with Crippen molar-refractivity contribution in [2.24, 2.45) is 0 Å². The molecule has 0 aromatic rings. The van der Waals surface area contributed by atoms with Crippen LogP contribution in [0.15, 0.2) is 0 Å². The summed E-state index contributed by atoms with van der Waals surface area (Å²) < 4.78 is 0. The second-order valence-corrected chi connectivity index (χ2v) is 3.69. The Balaban J connectivity index is 0.000000293. The molecule has 0 amide bonds. The Hall–Kier alpha value is -0.940. The molecule has 0 spiro atoms. The lowest BCUT2D eigenvalue weighted by Crippen LogP contribution is -2.43. The summed E-state index contributed by atoms with van der Waals surface area (Å²) in [7, 11) is 0. The standard InChI is InChI=1S/C7H16N2.C4H6O3/c1-2-5-9-6-3-8-4-7-9;5-3-1-2-4(6)7/h8H,2-7H2,1H3;3H,1-2H2,(H,6,7). The van der Waals surface area contributed by atoms with Crippen LogP contribution in [0.5, 0.6) is 0 Å². The zero-order chi connectivity index (χ0) is 12.2. The number of nitrogens with zero attached hydrogens (tertiary/aromatic N) is 1. The monoisotopic (exact) mass is 230 g/mol. The molecule has 0 aliphatic carbocycles. The predicted octanol–water partition coefficient (Wildman–Crippen LogP) is 0.352. The molecule has 1 heterocycles. The number of carboxylic acid groups (broad SMARTS) is 1. The van der Waals surface area contributed by atoms with Crippen molar-refractivity contribution in [2.45, 2.75) is 26.2 Å². The number of carbonyl (C=O) groups excluding carboxylic acids is 1. The maximum Gasteiger partial charge on any atom is 0.303 e. The number of hydrogen-bond acceptors (Lipinski definition) is 4. The van der Waals surface area contributed by atoms with Gasteiger partial charge in [0.1, 0.15) is 6.29 Å². The number of carboxylic acids is 1. The molecule has 94 valence electrons. The van der Waals surface area contributed by atoms with Gasteiger partial charge in [-0.1, -0.05) is 6.92 Å². The lowest BCUT2D eigenvalue weighted by atomic mass is 10.3. The van der Waals surface area contributed by atoms with Crippen molar-refractivity contribution in [2.75, 3.05) is 32.7 Å². The Labute approximate surface area is 96.8 Å². The van der Waals surface area contributed by atoms with Gasteiger partial charge in [0.05, 0.1) is 6.42 Å². The van der Waals surface area contributed by atoms with Crippen LogP contribution >= 0.6 is 0 Å². The van der Waals surface area contributed by atoms with Crippen molar-refractivity contribution < 1.29 is 14.7 Å². The van der Waals surface area contributed by atoms with Gasteiger partial charge in [-0.05, 0) is 13.0 Å². The van der Waals surface area contributed by atoms with Gasteiger partial charge in [-0.3, -0.25) is 4.79 Å². The second-order valence-electron chi connectivity index (χ2n) is 3.69. The van der Waals surface area contributed by atoms with E-state index < -0.39 is 5.97 Å². The van der Waals surface area contributed by atoms with Crippen LogP contribution in [0, 0.1) is 0 Å². The van der Waals surface area contributed by atoms with Gasteiger partial charge in [-0.15, -0.1) is 0 Å². The maximum absolute atomic E-state index is 9.60. The molecule has 1 aliphatic rings. The topological polar surface area (TPSA) is 69.6 Å². The molecule has 2 N–H and O–H groups in total. The summed E-state index contributed by atoms with van der Waals surface area (Å²) in [6.07, 6.45) is 1.95. The molecule has 1 fully saturated rings. The highest BCUT2D eigenvalue weighted by atomic mass is 16.4. The number of nitrogens with one attached hydrogen (secondary N) is 1. The Kier molecular flexibility index (Phi) is 9.95. The third-order valence-electron chi connectivity index (χ3n) is 2.23. The van der Waals surface area contributed by atoms with E-state index in [0.717, 1.165) is 0 Å². The van der Waals surface area contributed by atoms with Crippen LogP contribution in [0.1, 0.15) is 26.2 Å². The number of carbonyl (C=O) groups is 2. The van der Waals surface area contributed by atoms with E-state index in [4.69, 9.17) is 5.11 Å². The van der Waals surface area contributed by atoms with Gasteiger partial charge in [-0.2, -0.15) is 0 Å². The van der Waals surface area contributed by atoms with Gasteiger partial charge in [0.2, 0.25) is 0 Å². The van der Waals surface area contributed by atoms with Crippen LogP contribution in [0.4, 0.5) is 0 Å². The summed E-state index contributed by atoms with van der Waals surface area (Å²) in [5.41, 5.74) is 0. The van der Waals surface area contributed by atoms with E-state index >= 15 is 0 Å². The molecule has 0 atom stereocenters. The lowest BCUT2D eigenvalue weighted by Gasteiger charge is -2.26. The average molecular weight is 230 g/mol. The lowest BCUT2D eigenvalue weighted by molar-refractivity contribution is -0.137. The first-order valence-corrected chi connectivity index (χ1v) is 5.79. The fourth-order valence-electron chi connectivity index (χ4n) is 1.43. The van der Waals surface area contributed by atoms with Crippen LogP contribution in [-0.4, -0.2) is 55.0 Å². The number of rotatable bonds is 5. The van der Waals surface area contributed by atoms with Gasteiger partial charge < -0.3 is 20.1 Å². The minimum Gasteiger partial charge on any atom is -0.481 e. The Morgan fingerprint density at radius 3 is 2.44 bits per heavy atom. The normalized spacial score (nSPS) is 16.1. The Morgan fingerprint density at radius 1 is 1.44 bits per heavy atom. The van der Waals surface area contributed by atoms with E-state index in [1.54, 1.807) is 0 Å². The predicted molar refractivity (Wildman–Crippen MR) is 62.5 cm³/mol. The molecular formula is C11H22N2O3. The highest BCUT2D eigenvalue weighted by molar-refractivity contribution is 5.70. The molecule has 0 aromatic carbocycles. The van der Waals surface area contributed by atoms with E-state index in [1.807, 2.05) is 0 Å². The summed E-state index contributed by atoms with van der Waals surface area (Å²) in [5.74, 6) is -0.924. The SMILES string of the molecule is CCCN1CCNCC1.O=CCCC(=O)O. The molecule has 1 saturated heterocycles. The minimum atomic E-state index is -0.924. The van der Waals surface area contributed by atoms with Crippen molar-refractivity contribution in [1.82, 2.24) is 10.2 Å². The Bertz CT molecular complexity index is 189. The highest BCUT2D eigenvalue weighted by Gasteiger charge is 2.06. The molecule has 0 saturated carbocycles. The largest absolute Gasteiger partial charge is 0.481 e.